The number of carbonyl (C=O) groups is 1. The number of hydrogen-bond acceptors (Lipinski definition) is 4. The van der Waals surface area contributed by atoms with Gasteiger partial charge in [0.2, 0.25) is 0 Å². The molecule has 0 aromatic carbocycles. The lowest BCUT2D eigenvalue weighted by Crippen LogP contribution is -1.97. The molecule has 5 heteroatoms. The van der Waals surface area contributed by atoms with Crippen LogP contribution in [0.4, 0.5) is 5.69 Å². The van der Waals surface area contributed by atoms with Crippen molar-refractivity contribution >= 4 is 34.3 Å². The van der Waals surface area contributed by atoms with Gasteiger partial charge in [0.1, 0.15) is 4.88 Å². The van der Waals surface area contributed by atoms with Crippen molar-refractivity contribution in [2.24, 2.45) is 0 Å². The molecule has 20 heavy (non-hydrogen) atoms. The molecule has 2 aromatic rings. The van der Waals surface area contributed by atoms with Crippen molar-refractivity contribution < 1.29 is 9.90 Å². The summed E-state index contributed by atoms with van der Waals surface area (Å²) in [4.78, 5) is 15.1. The fourth-order valence-corrected chi connectivity index (χ4v) is 5.18. The monoisotopic (exact) mass is 307 g/mol. The molecule has 0 unspecified atom stereocenters. The van der Waals surface area contributed by atoms with E-state index < -0.39 is 5.97 Å². The molecule has 0 fully saturated rings. The van der Waals surface area contributed by atoms with Crippen molar-refractivity contribution in [3.05, 3.63) is 26.9 Å². The molecule has 2 heterocycles. The number of thiophene rings is 2. The summed E-state index contributed by atoms with van der Waals surface area (Å²) < 4.78 is 0. The lowest BCUT2D eigenvalue weighted by Gasteiger charge is -1.96. The minimum Gasteiger partial charge on any atom is -0.477 e. The number of carboxylic acid groups (broad SMARTS) is 1. The van der Waals surface area contributed by atoms with Crippen LogP contribution in [0.5, 0.6) is 0 Å². The standard InChI is InChI=1S/C15H17NO2S2/c1-8-12(16)14(15(17)18)20-13(8)11-7-9-5-3-2-4-6-10(9)19-11/h7H,2-6,16H2,1H3,(H,17,18). The minimum absolute atomic E-state index is 0.265. The molecule has 0 saturated heterocycles. The zero-order valence-electron chi connectivity index (χ0n) is 11.4. The van der Waals surface area contributed by atoms with Gasteiger partial charge in [-0.3, -0.25) is 0 Å². The third kappa shape index (κ3) is 2.25. The molecule has 0 saturated carbocycles. The Balaban J connectivity index is 2.05. The van der Waals surface area contributed by atoms with Crippen molar-refractivity contribution in [1.82, 2.24) is 0 Å². The summed E-state index contributed by atoms with van der Waals surface area (Å²) in [6.07, 6.45) is 6.14. The first kappa shape index (κ1) is 13.6. The van der Waals surface area contributed by atoms with Crippen LogP contribution in [0.2, 0.25) is 0 Å². The van der Waals surface area contributed by atoms with Crippen LogP contribution in [0.1, 0.15) is 44.9 Å². The molecule has 3 N–H and O–H groups in total. The molecular formula is C15H17NO2S2. The number of fused-ring (bicyclic) bond motifs is 1. The number of hydrogen-bond donors (Lipinski definition) is 2. The molecule has 0 aliphatic heterocycles. The maximum absolute atomic E-state index is 11.2. The maximum atomic E-state index is 11.2. The SMILES string of the molecule is Cc1c(-c2cc3c(s2)CCCCC3)sc(C(=O)O)c1N. The molecular weight excluding hydrogens is 290 g/mol. The summed E-state index contributed by atoms with van der Waals surface area (Å²) >= 11 is 3.11. The molecule has 0 atom stereocenters. The normalized spacial score (nSPS) is 14.8. The van der Waals surface area contributed by atoms with Crippen molar-refractivity contribution in [2.45, 2.75) is 39.0 Å². The fourth-order valence-electron chi connectivity index (χ4n) is 2.70. The minimum atomic E-state index is -0.931. The Hall–Kier alpha value is -1.33. The van der Waals surface area contributed by atoms with Crippen LogP contribution in [0, 0.1) is 6.92 Å². The van der Waals surface area contributed by atoms with Crippen LogP contribution < -0.4 is 5.73 Å². The van der Waals surface area contributed by atoms with Gasteiger partial charge >= 0.3 is 5.97 Å². The van der Waals surface area contributed by atoms with Crippen LogP contribution in [0.15, 0.2) is 6.07 Å². The van der Waals surface area contributed by atoms with Crippen LogP contribution in [-0.2, 0) is 12.8 Å². The Morgan fingerprint density at radius 3 is 2.70 bits per heavy atom. The lowest BCUT2D eigenvalue weighted by atomic mass is 10.1. The number of nitrogen functional groups attached to an aromatic ring is 1. The second-order valence-corrected chi connectivity index (χ2v) is 7.38. The molecule has 3 rings (SSSR count). The smallest absolute Gasteiger partial charge is 0.348 e. The van der Waals surface area contributed by atoms with Crippen molar-refractivity contribution in [3.8, 4) is 9.75 Å². The second-order valence-electron chi connectivity index (χ2n) is 5.22. The first-order valence-corrected chi connectivity index (χ1v) is 8.45. The Kier molecular flexibility index (Phi) is 3.56. The van der Waals surface area contributed by atoms with E-state index in [1.165, 1.54) is 45.9 Å². The van der Waals surface area contributed by atoms with Gasteiger partial charge in [-0.2, -0.15) is 0 Å². The van der Waals surface area contributed by atoms with Gasteiger partial charge in [-0.05, 0) is 49.8 Å². The quantitative estimate of drug-likeness (QED) is 0.811. The lowest BCUT2D eigenvalue weighted by molar-refractivity contribution is 0.0703. The number of rotatable bonds is 2. The van der Waals surface area contributed by atoms with Gasteiger partial charge in [-0.15, -0.1) is 22.7 Å². The fraction of sp³-hybridized carbons (Fsp3) is 0.400. The molecule has 0 spiro atoms. The van der Waals surface area contributed by atoms with E-state index in [0.29, 0.717) is 5.69 Å². The highest BCUT2D eigenvalue weighted by Crippen LogP contribution is 2.43. The van der Waals surface area contributed by atoms with E-state index in [2.05, 4.69) is 6.07 Å². The zero-order chi connectivity index (χ0) is 14.3. The van der Waals surface area contributed by atoms with E-state index in [9.17, 15) is 9.90 Å². The molecule has 0 radical (unpaired) electrons. The summed E-state index contributed by atoms with van der Waals surface area (Å²) in [6, 6.07) is 2.25. The topological polar surface area (TPSA) is 63.3 Å². The molecule has 0 bridgehead atoms. The molecule has 1 aliphatic rings. The van der Waals surface area contributed by atoms with E-state index in [-0.39, 0.29) is 4.88 Å². The van der Waals surface area contributed by atoms with Gasteiger partial charge in [0.15, 0.2) is 0 Å². The van der Waals surface area contributed by atoms with E-state index >= 15 is 0 Å². The first-order chi connectivity index (χ1) is 9.58. The molecule has 0 amide bonds. The third-order valence-corrected chi connectivity index (χ3v) is 6.57. The summed E-state index contributed by atoms with van der Waals surface area (Å²) in [6.45, 7) is 1.92. The summed E-state index contributed by atoms with van der Waals surface area (Å²) in [5, 5.41) is 9.18. The number of carboxylic acids is 1. The third-order valence-electron chi connectivity index (χ3n) is 3.86. The Morgan fingerprint density at radius 2 is 2.00 bits per heavy atom. The molecule has 106 valence electrons. The molecule has 2 aromatic heterocycles. The van der Waals surface area contributed by atoms with Gasteiger partial charge in [0.25, 0.3) is 0 Å². The number of nitrogens with two attached hydrogens (primary N) is 1. The molecule has 1 aliphatic carbocycles. The largest absolute Gasteiger partial charge is 0.477 e. The molecule has 3 nitrogen and oxygen atoms in total. The van der Waals surface area contributed by atoms with E-state index in [0.717, 1.165) is 23.3 Å². The van der Waals surface area contributed by atoms with Crippen LogP contribution in [-0.4, -0.2) is 11.1 Å². The summed E-state index contributed by atoms with van der Waals surface area (Å²) in [5.41, 5.74) is 8.70. The van der Waals surface area contributed by atoms with E-state index in [1.54, 1.807) is 0 Å². The van der Waals surface area contributed by atoms with E-state index in [4.69, 9.17) is 5.73 Å². The second kappa shape index (κ2) is 5.22. The summed E-state index contributed by atoms with van der Waals surface area (Å²) in [7, 11) is 0. The van der Waals surface area contributed by atoms with Gasteiger partial charge in [0.05, 0.1) is 10.6 Å². The Labute approximate surface area is 126 Å². The predicted octanol–water partition coefficient (Wildman–Crippen LogP) is 4.33. The highest BCUT2D eigenvalue weighted by atomic mass is 32.1. The Morgan fingerprint density at radius 1 is 1.25 bits per heavy atom. The van der Waals surface area contributed by atoms with Gasteiger partial charge in [-0.25, -0.2) is 4.79 Å². The number of aromatic carboxylic acids is 1. The highest BCUT2D eigenvalue weighted by molar-refractivity contribution is 7.23. The maximum Gasteiger partial charge on any atom is 0.348 e. The van der Waals surface area contributed by atoms with Crippen LogP contribution >= 0.6 is 22.7 Å². The average molecular weight is 307 g/mol. The average Bonchev–Trinajstić information content (AvgIpc) is 2.85. The van der Waals surface area contributed by atoms with Crippen molar-refractivity contribution in [3.63, 3.8) is 0 Å². The number of anilines is 1. The van der Waals surface area contributed by atoms with Crippen LogP contribution in [0.25, 0.3) is 9.75 Å². The van der Waals surface area contributed by atoms with Crippen molar-refractivity contribution in [2.75, 3.05) is 5.73 Å². The Bertz CT molecular complexity index is 646. The summed E-state index contributed by atoms with van der Waals surface area (Å²) in [5.74, 6) is -0.931. The predicted molar refractivity (Wildman–Crippen MR) is 85.0 cm³/mol. The van der Waals surface area contributed by atoms with Gasteiger partial charge in [-0.1, -0.05) is 6.42 Å². The van der Waals surface area contributed by atoms with Crippen LogP contribution in [0.3, 0.4) is 0 Å². The highest BCUT2D eigenvalue weighted by Gasteiger charge is 2.21. The number of aryl methyl sites for hydroxylation is 2. The van der Waals surface area contributed by atoms with Gasteiger partial charge in [0, 0.05) is 9.75 Å². The van der Waals surface area contributed by atoms with Crippen molar-refractivity contribution in [1.29, 1.82) is 0 Å². The zero-order valence-corrected chi connectivity index (χ0v) is 13.0. The van der Waals surface area contributed by atoms with Gasteiger partial charge < -0.3 is 10.8 Å². The van der Waals surface area contributed by atoms with E-state index in [1.807, 2.05) is 18.3 Å². The first-order valence-electron chi connectivity index (χ1n) is 6.82.